The molecule has 0 radical (unpaired) electrons. The van der Waals surface area contributed by atoms with Crippen LogP contribution in [0.25, 0.3) is 5.69 Å². The van der Waals surface area contributed by atoms with Crippen molar-refractivity contribution in [2.75, 3.05) is 11.4 Å². The summed E-state index contributed by atoms with van der Waals surface area (Å²) in [7, 11) is 0. The smallest absolute Gasteiger partial charge is 0.305 e. The quantitative estimate of drug-likeness (QED) is 0.596. The maximum absolute atomic E-state index is 13.1. The fourth-order valence-corrected chi connectivity index (χ4v) is 3.95. The standard InChI is InChI=1S/C24H24N4O4/c1-16-8-5-6-11-18(16)19(15-23(30)31)25-24(32)20-14-21(27-13-7-12-22(27)29)28(26-20)17-9-3-2-4-10-17/h2-6,8-11,14,19H,7,12-13,15H2,1H3,(H,25,32)(H,30,31). The van der Waals surface area contributed by atoms with Crippen molar-refractivity contribution in [3.8, 4) is 5.69 Å². The fourth-order valence-electron chi connectivity index (χ4n) is 3.95. The number of hydrogen-bond acceptors (Lipinski definition) is 4. The Kier molecular flexibility index (Phi) is 6.02. The first-order valence-corrected chi connectivity index (χ1v) is 10.5. The molecule has 164 valence electrons. The number of para-hydroxylation sites is 1. The second-order valence-electron chi connectivity index (χ2n) is 7.76. The van der Waals surface area contributed by atoms with Gasteiger partial charge in [-0.3, -0.25) is 19.3 Å². The second-order valence-corrected chi connectivity index (χ2v) is 7.76. The molecule has 8 nitrogen and oxygen atoms in total. The third-order valence-electron chi connectivity index (χ3n) is 5.52. The Morgan fingerprint density at radius 1 is 1.12 bits per heavy atom. The highest BCUT2D eigenvalue weighted by molar-refractivity contribution is 5.98. The van der Waals surface area contributed by atoms with Crippen molar-refractivity contribution >= 4 is 23.6 Å². The number of carboxylic acid groups (broad SMARTS) is 1. The number of hydrogen-bond donors (Lipinski definition) is 2. The molecule has 0 spiro atoms. The molecule has 0 bridgehead atoms. The number of carbonyl (C=O) groups excluding carboxylic acids is 2. The number of anilines is 1. The number of aryl methyl sites for hydroxylation is 1. The minimum absolute atomic E-state index is 0.0160. The zero-order valence-electron chi connectivity index (χ0n) is 17.7. The summed E-state index contributed by atoms with van der Waals surface area (Å²) in [5.41, 5.74) is 2.47. The van der Waals surface area contributed by atoms with Crippen LogP contribution in [0.5, 0.6) is 0 Å². The number of benzene rings is 2. The highest BCUT2D eigenvalue weighted by Gasteiger charge is 2.28. The number of nitrogens with zero attached hydrogens (tertiary/aromatic N) is 3. The highest BCUT2D eigenvalue weighted by Crippen LogP contribution is 2.27. The number of carboxylic acids is 1. The second kappa shape index (κ2) is 9.05. The van der Waals surface area contributed by atoms with E-state index in [1.165, 1.54) is 0 Å². The fraction of sp³-hybridized carbons (Fsp3) is 0.250. The van der Waals surface area contributed by atoms with Gasteiger partial charge >= 0.3 is 5.97 Å². The highest BCUT2D eigenvalue weighted by atomic mass is 16.4. The predicted molar refractivity (Wildman–Crippen MR) is 119 cm³/mol. The van der Waals surface area contributed by atoms with E-state index in [4.69, 9.17) is 0 Å². The molecule has 1 aliphatic rings. The van der Waals surface area contributed by atoms with Crippen LogP contribution in [0.3, 0.4) is 0 Å². The minimum atomic E-state index is -1.02. The van der Waals surface area contributed by atoms with Gasteiger partial charge in [-0.1, -0.05) is 42.5 Å². The topological polar surface area (TPSA) is 105 Å². The number of carbonyl (C=O) groups is 3. The SMILES string of the molecule is Cc1ccccc1C(CC(=O)O)NC(=O)c1cc(N2CCCC2=O)n(-c2ccccc2)n1. The summed E-state index contributed by atoms with van der Waals surface area (Å²) in [6.45, 7) is 2.43. The van der Waals surface area contributed by atoms with Crippen molar-refractivity contribution in [1.82, 2.24) is 15.1 Å². The van der Waals surface area contributed by atoms with Crippen LogP contribution < -0.4 is 10.2 Å². The Hall–Kier alpha value is -3.94. The molecule has 2 aromatic carbocycles. The van der Waals surface area contributed by atoms with Gasteiger partial charge in [-0.25, -0.2) is 4.68 Å². The van der Waals surface area contributed by atoms with Gasteiger partial charge in [-0.05, 0) is 36.6 Å². The van der Waals surface area contributed by atoms with Crippen molar-refractivity contribution in [1.29, 1.82) is 0 Å². The number of amides is 2. The molecular weight excluding hydrogens is 408 g/mol. The van der Waals surface area contributed by atoms with Crippen LogP contribution in [0.4, 0.5) is 5.82 Å². The van der Waals surface area contributed by atoms with Crippen LogP contribution >= 0.6 is 0 Å². The van der Waals surface area contributed by atoms with Gasteiger partial charge in [0.15, 0.2) is 5.69 Å². The Bertz CT molecular complexity index is 1160. The van der Waals surface area contributed by atoms with Crippen molar-refractivity contribution < 1.29 is 19.5 Å². The largest absolute Gasteiger partial charge is 0.481 e. The molecule has 8 heteroatoms. The number of aromatic nitrogens is 2. The van der Waals surface area contributed by atoms with E-state index in [1.54, 1.807) is 21.7 Å². The minimum Gasteiger partial charge on any atom is -0.481 e. The summed E-state index contributed by atoms with van der Waals surface area (Å²) >= 11 is 0. The van der Waals surface area contributed by atoms with E-state index in [2.05, 4.69) is 10.4 Å². The van der Waals surface area contributed by atoms with Crippen molar-refractivity contribution in [3.63, 3.8) is 0 Å². The lowest BCUT2D eigenvalue weighted by Gasteiger charge is -2.18. The van der Waals surface area contributed by atoms with Crippen molar-refractivity contribution in [2.24, 2.45) is 0 Å². The van der Waals surface area contributed by atoms with Crippen LogP contribution in [0, 0.1) is 6.92 Å². The van der Waals surface area contributed by atoms with Crippen molar-refractivity contribution in [3.05, 3.63) is 77.5 Å². The first-order chi connectivity index (χ1) is 15.4. The lowest BCUT2D eigenvalue weighted by molar-refractivity contribution is -0.137. The molecule has 2 amide bonds. The van der Waals surface area contributed by atoms with Gasteiger partial charge in [0.2, 0.25) is 5.91 Å². The van der Waals surface area contributed by atoms with E-state index in [0.717, 1.165) is 23.2 Å². The summed E-state index contributed by atoms with van der Waals surface area (Å²) < 4.78 is 1.58. The summed E-state index contributed by atoms with van der Waals surface area (Å²) in [6.07, 6.45) is 0.942. The molecule has 2 heterocycles. The number of rotatable bonds is 7. The first-order valence-electron chi connectivity index (χ1n) is 10.5. The van der Waals surface area contributed by atoms with Crippen LogP contribution in [0.1, 0.15) is 46.9 Å². The Labute approximate surface area is 185 Å². The summed E-state index contributed by atoms with van der Waals surface area (Å²) in [5, 5.41) is 16.7. The molecule has 1 atom stereocenters. The maximum atomic E-state index is 13.1. The lowest BCUT2D eigenvalue weighted by Crippen LogP contribution is -2.31. The van der Waals surface area contributed by atoms with Gasteiger partial charge < -0.3 is 10.4 Å². The molecule has 3 aromatic rings. The predicted octanol–water partition coefficient (Wildman–Crippen LogP) is 3.25. The Morgan fingerprint density at radius 2 is 1.84 bits per heavy atom. The number of aliphatic carboxylic acids is 1. The van der Waals surface area contributed by atoms with Gasteiger partial charge in [0, 0.05) is 19.0 Å². The monoisotopic (exact) mass is 432 g/mol. The third-order valence-corrected chi connectivity index (χ3v) is 5.52. The van der Waals surface area contributed by atoms with Crippen LogP contribution in [-0.4, -0.2) is 39.2 Å². The summed E-state index contributed by atoms with van der Waals surface area (Å²) in [5.74, 6) is -1.01. The maximum Gasteiger partial charge on any atom is 0.305 e. The average Bonchev–Trinajstić information content (AvgIpc) is 3.40. The van der Waals surface area contributed by atoms with Gasteiger partial charge in [0.1, 0.15) is 5.82 Å². The lowest BCUT2D eigenvalue weighted by atomic mass is 9.98. The molecule has 2 N–H and O–H groups in total. The zero-order chi connectivity index (χ0) is 22.7. The van der Waals surface area contributed by atoms with Gasteiger partial charge in [0.05, 0.1) is 18.2 Å². The molecule has 1 fully saturated rings. The molecule has 4 rings (SSSR count). The van der Waals surface area contributed by atoms with Gasteiger partial charge in [-0.2, -0.15) is 5.10 Å². The van der Waals surface area contributed by atoms with E-state index >= 15 is 0 Å². The molecule has 1 unspecified atom stereocenters. The van der Waals surface area contributed by atoms with E-state index in [9.17, 15) is 19.5 Å². The Balaban J connectivity index is 1.68. The zero-order valence-corrected chi connectivity index (χ0v) is 17.7. The molecule has 0 saturated carbocycles. The van der Waals surface area contributed by atoms with E-state index in [0.29, 0.717) is 18.8 Å². The third kappa shape index (κ3) is 4.39. The van der Waals surface area contributed by atoms with E-state index in [-0.39, 0.29) is 18.0 Å². The summed E-state index contributed by atoms with van der Waals surface area (Å²) in [6, 6.07) is 17.5. The van der Waals surface area contributed by atoms with Gasteiger partial charge in [-0.15, -0.1) is 0 Å². The molecule has 0 aliphatic carbocycles. The number of nitrogens with one attached hydrogen (secondary N) is 1. The molecule has 1 saturated heterocycles. The van der Waals surface area contributed by atoms with E-state index < -0.39 is 17.9 Å². The summed E-state index contributed by atoms with van der Waals surface area (Å²) in [4.78, 5) is 38.6. The molecule has 1 aliphatic heterocycles. The molecule has 1 aromatic heterocycles. The van der Waals surface area contributed by atoms with Gasteiger partial charge in [0.25, 0.3) is 5.91 Å². The van der Waals surface area contributed by atoms with Crippen molar-refractivity contribution in [2.45, 2.75) is 32.2 Å². The van der Waals surface area contributed by atoms with E-state index in [1.807, 2.05) is 55.5 Å². The normalized spacial score (nSPS) is 14.4. The first kappa shape index (κ1) is 21.3. The Morgan fingerprint density at radius 3 is 2.50 bits per heavy atom. The van der Waals surface area contributed by atoms with Crippen LogP contribution in [-0.2, 0) is 9.59 Å². The average molecular weight is 432 g/mol. The molecule has 32 heavy (non-hydrogen) atoms. The molecular formula is C24H24N4O4. The van der Waals surface area contributed by atoms with Crippen LogP contribution in [0.2, 0.25) is 0 Å². The van der Waals surface area contributed by atoms with Crippen LogP contribution in [0.15, 0.2) is 60.7 Å².